The van der Waals surface area contributed by atoms with Gasteiger partial charge in [-0.15, -0.1) is 10.2 Å². The molecule has 3 aromatic rings. The Bertz CT molecular complexity index is 942. The second kappa shape index (κ2) is 8.70. The first kappa shape index (κ1) is 18.2. The van der Waals surface area contributed by atoms with Gasteiger partial charge in [0, 0.05) is 18.7 Å². The summed E-state index contributed by atoms with van der Waals surface area (Å²) in [6.07, 6.45) is 0. The van der Waals surface area contributed by atoms with E-state index in [1.54, 1.807) is 7.11 Å². The lowest BCUT2D eigenvalue weighted by molar-refractivity contribution is -0.113. The van der Waals surface area contributed by atoms with Gasteiger partial charge >= 0.3 is 0 Å². The summed E-state index contributed by atoms with van der Waals surface area (Å²) in [6.45, 7) is 0.347. The summed E-state index contributed by atoms with van der Waals surface area (Å²) in [5.74, 6) is -0.178. The number of hydrogen-bond acceptors (Lipinski definition) is 8. The monoisotopic (exact) mass is 389 g/mol. The Hall–Kier alpha value is -2.56. The summed E-state index contributed by atoms with van der Waals surface area (Å²) in [5.41, 5.74) is 1.13. The first-order valence-electron chi connectivity index (χ1n) is 7.55. The number of H-pyrrole nitrogens is 1. The highest BCUT2D eigenvalue weighted by atomic mass is 32.2. The minimum absolute atomic E-state index is 0.0837. The molecule has 3 rings (SSSR count). The largest absolute Gasteiger partial charge is 0.377 e. The lowest BCUT2D eigenvalue weighted by atomic mass is 10.1. The molecule has 134 valence electrons. The highest BCUT2D eigenvalue weighted by molar-refractivity contribution is 7.99. The van der Waals surface area contributed by atoms with E-state index >= 15 is 0 Å². The first-order chi connectivity index (χ1) is 12.6. The summed E-state index contributed by atoms with van der Waals surface area (Å²) in [4.78, 5) is 30.9. The van der Waals surface area contributed by atoms with Gasteiger partial charge in [-0.1, -0.05) is 53.4 Å². The van der Waals surface area contributed by atoms with Gasteiger partial charge in [0.05, 0.1) is 11.4 Å². The van der Waals surface area contributed by atoms with Crippen molar-refractivity contribution in [3.05, 3.63) is 51.8 Å². The fourth-order valence-electron chi connectivity index (χ4n) is 2.04. The van der Waals surface area contributed by atoms with E-state index in [4.69, 9.17) is 4.74 Å². The quantitative estimate of drug-likeness (QED) is 0.471. The molecule has 0 bridgehead atoms. The fourth-order valence-corrected chi connectivity index (χ4v) is 3.44. The van der Waals surface area contributed by atoms with Crippen molar-refractivity contribution < 1.29 is 9.53 Å². The maximum Gasteiger partial charge on any atom is 0.252 e. The number of carbonyl (C=O) groups excluding carboxylic acids is 1. The Morgan fingerprint density at radius 2 is 2.12 bits per heavy atom. The molecule has 1 amide bonds. The molecule has 2 N–H and O–H groups in total. The number of benzene rings is 1. The van der Waals surface area contributed by atoms with Gasteiger partial charge in [0.25, 0.3) is 5.56 Å². The van der Waals surface area contributed by atoms with Crippen LogP contribution >= 0.6 is 23.1 Å². The predicted molar refractivity (Wildman–Crippen MR) is 100 cm³/mol. The number of anilines is 1. The Morgan fingerprint density at radius 1 is 1.31 bits per heavy atom. The van der Waals surface area contributed by atoms with Crippen LogP contribution in [-0.4, -0.2) is 38.9 Å². The number of thioether (sulfide) groups is 1. The van der Waals surface area contributed by atoms with Crippen molar-refractivity contribution in [2.75, 3.05) is 18.2 Å². The minimum atomic E-state index is -0.268. The summed E-state index contributed by atoms with van der Waals surface area (Å²) < 4.78 is 4.96. The molecule has 1 aromatic carbocycles. The number of methoxy groups -OCH3 is 1. The van der Waals surface area contributed by atoms with E-state index < -0.39 is 0 Å². The average Bonchev–Trinajstić information content (AvgIpc) is 3.07. The summed E-state index contributed by atoms with van der Waals surface area (Å²) in [5, 5.41) is 11.9. The second-order valence-electron chi connectivity index (χ2n) is 5.07. The molecule has 0 spiro atoms. The molecule has 2 heterocycles. The zero-order valence-corrected chi connectivity index (χ0v) is 15.4. The van der Waals surface area contributed by atoms with Crippen LogP contribution in [0, 0.1) is 0 Å². The Labute approximate surface area is 157 Å². The number of rotatable bonds is 7. The average molecular weight is 389 g/mol. The summed E-state index contributed by atoms with van der Waals surface area (Å²) >= 11 is 2.39. The molecule has 8 nitrogen and oxygen atoms in total. The Balaban J connectivity index is 1.63. The Kier molecular flexibility index (Phi) is 6.10. The van der Waals surface area contributed by atoms with Crippen molar-refractivity contribution in [1.82, 2.24) is 20.2 Å². The van der Waals surface area contributed by atoms with Crippen LogP contribution in [0.4, 0.5) is 5.13 Å². The lowest BCUT2D eigenvalue weighted by Gasteiger charge is -2.04. The molecule has 0 fully saturated rings. The van der Waals surface area contributed by atoms with E-state index in [-0.39, 0.29) is 17.2 Å². The van der Waals surface area contributed by atoms with E-state index in [2.05, 4.69) is 25.5 Å². The molecule has 0 radical (unpaired) electrons. The van der Waals surface area contributed by atoms with Crippen molar-refractivity contribution in [3.63, 3.8) is 0 Å². The van der Waals surface area contributed by atoms with Crippen LogP contribution in [0.3, 0.4) is 0 Å². The maximum absolute atomic E-state index is 12.0. The molecule has 0 saturated carbocycles. The van der Waals surface area contributed by atoms with Crippen molar-refractivity contribution >= 4 is 34.1 Å². The number of aromatic amines is 1. The van der Waals surface area contributed by atoms with E-state index in [1.807, 2.05) is 30.3 Å². The van der Waals surface area contributed by atoms with Crippen LogP contribution in [0.2, 0.25) is 0 Å². The predicted octanol–water partition coefficient (Wildman–Crippen LogP) is 2.17. The zero-order valence-electron chi connectivity index (χ0n) is 13.8. The standard InChI is InChI=1S/C16H15N5O3S2/c1-24-8-14-20-21-16(26-14)19-13(23)9-25-15-17-11(7-12(22)18-15)10-5-3-2-4-6-10/h2-7H,8-9H2,1H3,(H,17,18,22)(H,19,21,23). The molecule has 0 atom stereocenters. The molecular weight excluding hydrogens is 374 g/mol. The van der Waals surface area contributed by atoms with Gasteiger partial charge in [-0.05, 0) is 0 Å². The molecule has 0 aliphatic rings. The van der Waals surface area contributed by atoms with Crippen molar-refractivity contribution in [1.29, 1.82) is 0 Å². The number of nitrogens with zero attached hydrogens (tertiary/aromatic N) is 3. The number of carbonyl (C=O) groups is 1. The van der Waals surface area contributed by atoms with E-state index in [1.165, 1.54) is 17.4 Å². The van der Waals surface area contributed by atoms with Crippen LogP contribution in [0.1, 0.15) is 5.01 Å². The SMILES string of the molecule is COCc1nnc(NC(=O)CSc2nc(-c3ccccc3)cc(=O)[nH]2)s1. The normalized spacial score (nSPS) is 10.7. The van der Waals surface area contributed by atoms with Crippen LogP contribution in [0.15, 0.2) is 46.3 Å². The fraction of sp³-hybridized carbons (Fsp3) is 0.188. The smallest absolute Gasteiger partial charge is 0.252 e. The van der Waals surface area contributed by atoms with Crippen LogP contribution in [0.5, 0.6) is 0 Å². The van der Waals surface area contributed by atoms with Crippen LogP contribution in [0.25, 0.3) is 11.3 Å². The van der Waals surface area contributed by atoms with Crippen molar-refractivity contribution in [2.24, 2.45) is 0 Å². The van der Waals surface area contributed by atoms with E-state index in [0.29, 0.717) is 27.6 Å². The topological polar surface area (TPSA) is 110 Å². The molecule has 0 unspecified atom stereocenters. The Morgan fingerprint density at radius 3 is 2.88 bits per heavy atom. The van der Waals surface area contributed by atoms with Gasteiger partial charge in [-0.2, -0.15) is 0 Å². The summed E-state index contributed by atoms with van der Waals surface area (Å²) in [7, 11) is 1.56. The third kappa shape index (κ3) is 4.97. The van der Waals surface area contributed by atoms with Gasteiger partial charge in [0.15, 0.2) is 5.16 Å². The first-order valence-corrected chi connectivity index (χ1v) is 9.35. The van der Waals surface area contributed by atoms with Gasteiger partial charge < -0.3 is 9.72 Å². The molecule has 0 aliphatic carbocycles. The van der Waals surface area contributed by atoms with Gasteiger partial charge in [-0.25, -0.2) is 4.98 Å². The van der Waals surface area contributed by atoms with Gasteiger partial charge in [-0.3, -0.25) is 14.9 Å². The molecule has 0 aliphatic heterocycles. The van der Waals surface area contributed by atoms with E-state index in [9.17, 15) is 9.59 Å². The number of ether oxygens (including phenoxy) is 1. The van der Waals surface area contributed by atoms with Crippen molar-refractivity contribution in [3.8, 4) is 11.3 Å². The highest BCUT2D eigenvalue weighted by Gasteiger charge is 2.10. The number of amides is 1. The minimum Gasteiger partial charge on any atom is -0.377 e. The van der Waals surface area contributed by atoms with Gasteiger partial charge in [0.1, 0.15) is 11.6 Å². The number of hydrogen-bond donors (Lipinski definition) is 2. The third-order valence-electron chi connectivity index (χ3n) is 3.11. The van der Waals surface area contributed by atoms with Crippen molar-refractivity contribution in [2.45, 2.75) is 11.8 Å². The van der Waals surface area contributed by atoms with E-state index in [0.717, 1.165) is 17.3 Å². The molecular formula is C16H15N5O3S2. The zero-order chi connectivity index (χ0) is 18.4. The van der Waals surface area contributed by atoms with Gasteiger partial charge in [0.2, 0.25) is 11.0 Å². The van der Waals surface area contributed by atoms with Crippen LogP contribution < -0.4 is 10.9 Å². The number of nitrogens with one attached hydrogen (secondary N) is 2. The lowest BCUT2D eigenvalue weighted by Crippen LogP contribution is -2.15. The highest BCUT2D eigenvalue weighted by Crippen LogP contribution is 2.20. The van der Waals surface area contributed by atoms with Crippen LogP contribution in [-0.2, 0) is 16.1 Å². The second-order valence-corrected chi connectivity index (χ2v) is 7.10. The summed E-state index contributed by atoms with van der Waals surface area (Å²) in [6, 6.07) is 10.8. The molecule has 10 heteroatoms. The molecule has 0 saturated heterocycles. The maximum atomic E-state index is 12.0. The molecule has 2 aromatic heterocycles. The third-order valence-corrected chi connectivity index (χ3v) is 4.80. The number of aromatic nitrogens is 4. The molecule has 26 heavy (non-hydrogen) atoms.